The number of carbonyl (C=O) groups is 4. The van der Waals surface area contributed by atoms with Crippen LogP contribution in [0.25, 0.3) is 0 Å². The van der Waals surface area contributed by atoms with Gasteiger partial charge in [-0.2, -0.15) is 0 Å². The maximum absolute atomic E-state index is 14.4. The van der Waals surface area contributed by atoms with Gasteiger partial charge >= 0.3 is 0 Å². The Bertz CT molecular complexity index is 1590. The summed E-state index contributed by atoms with van der Waals surface area (Å²) in [4.78, 5) is 66.6. The van der Waals surface area contributed by atoms with Crippen molar-refractivity contribution in [2.24, 2.45) is 23.7 Å². The monoisotopic (exact) mass is 794 g/mol. The van der Waals surface area contributed by atoms with Crippen molar-refractivity contribution in [3.63, 3.8) is 0 Å². The summed E-state index contributed by atoms with van der Waals surface area (Å²) in [6.45, 7) is 10.5. The first kappa shape index (κ1) is 43.7. The minimum Gasteiger partial charge on any atom is -0.379 e. The van der Waals surface area contributed by atoms with Crippen LogP contribution < -0.4 is 10.6 Å². The van der Waals surface area contributed by atoms with E-state index in [4.69, 9.17) is 9.47 Å². The van der Waals surface area contributed by atoms with E-state index in [0.717, 1.165) is 42.7 Å². The van der Waals surface area contributed by atoms with Gasteiger partial charge in [0, 0.05) is 45.4 Å². The fourth-order valence-corrected chi connectivity index (χ4v) is 10.3. The summed E-state index contributed by atoms with van der Waals surface area (Å²) in [5, 5.41) is 9.13. The summed E-state index contributed by atoms with van der Waals surface area (Å²) in [5.74, 6) is -0.860. The van der Waals surface area contributed by atoms with E-state index < -0.39 is 30.2 Å². The van der Waals surface area contributed by atoms with E-state index >= 15 is 0 Å². The second kappa shape index (κ2) is 19.8. The number of fused-ring (bicyclic) bond motifs is 2. The fraction of sp³-hybridized carbons (Fsp3) is 0.698. The molecule has 13 heteroatoms. The van der Waals surface area contributed by atoms with Gasteiger partial charge < -0.3 is 29.9 Å². The average Bonchev–Trinajstić information content (AvgIpc) is 4.03. The van der Waals surface area contributed by atoms with Crippen LogP contribution in [0, 0.1) is 23.7 Å². The summed E-state index contributed by atoms with van der Waals surface area (Å²) in [7, 11) is 7.00. The molecule has 3 fully saturated rings. The lowest BCUT2D eigenvalue weighted by molar-refractivity contribution is -0.148. The van der Waals surface area contributed by atoms with E-state index in [1.807, 2.05) is 68.4 Å². The van der Waals surface area contributed by atoms with Crippen molar-refractivity contribution in [2.75, 3.05) is 34.9 Å². The number of aromatic nitrogens is 1. The SMILES string of the molecule is CCC(C)C(C(CC(=O)N1CCC[C@H]1C(OC)C(C)C(=O)NC(Cc1ccccc1)c1nccs1)OC)N(C)C(=O)C(NC(=O)[C@@H]1[C@H]2CC[C@H](C2)N1C)C(C)C. The predicted molar refractivity (Wildman–Crippen MR) is 219 cm³/mol. The van der Waals surface area contributed by atoms with E-state index in [2.05, 4.69) is 34.4 Å². The van der Waals surface area contributed by atoms with Crippen molar-refractivity contribution < 1.29 is 28.7 Å². The van der Waals surface area contributed by atoms with Crippen LogP contribution in [0.5, 0.6) is 0 Å². The predicted octanol–water partition coefficient (Wildman–Crippen LogP) is 5.09. The Morgan fingerprint density at radius 3 is 2.34 bits per heavy atom. The Hall–Kier alpha value is -3.39. The third-order valence-electron chi connectivity index (χ3n) is 13.0. The van der Waals surface area contributed by atoms with Crippen molar-refractivity contribution >= 4 is 35.0 Å². The van der Waals surface area contributed by atoms with Crippen LogP contribution in [0.2, 0.25) is 0 Å². The number of hydrogen-bond acceptors (Lipinski definition) is 9. The topological polar surface area (TPSA) is 133 Å². The van der Waals surface area contributed by atoms with Crippen LogP contribution in [0.3, 0.4) is 0 Å². The summed E-state index contributed by atoms with van der Waals surface area (Å²) in [5.41, 5.74) is 1.10. The number of ether oxygens (including phenoxy) is 2. The van der Waals surface area contributed by atoms with E-state index in [-0.39, 0.29) is 60.0 Å². The van der Waals surface area contributed by atoms with Gasteiger partial charge in [0.05, 0.1) is 48.7 Å². The lowest BCUT2D eigenvalue weighted by Gasteiger charge is -2.41. The molecule has 1 aromatic carbocycles. The van der Waals surface area contributed by atoms with Gasteiger partial charge in [0.15, 0.2) is 0 Å². The number of thiazole rings is 1. The molecular formula is C43H66N6O6S. The molecule has 1 saturated carbocycles. The number of methoxy groups -OCH3 is 2. The average molecular weight is 795 g/mol. The van der Waals surface area contributed by atoms with Crippen LogP contribution in [0.4, 0.5) is 0 Å². The number of nitrogens with one attached hydrogen (secondary N) is 2. The summed E-state index contributed by atoms with van der Waals surface area (Å²) < 4.78 is 12.1. The van der Waals surface area contributed by atoms with E-state index in [0.29, 0.717) is 31.3 Å². The fourth-order valence-electron chi connectivity index (χ4n) is 9.64. The highest BCUT2D eigenvalue weighted by molar-refractivity contribution is 7.09. The maximum atomic E-state index is 14.4. The van der Waals surface area contributed by atoms with Crippen LogP contribution in [-0.2, 0) is 35.1 Å². The van der Waals surface area contributed by atoms with E-state index in [1.165, 1.54) is 11.3 Å². The Balaban J connectivity index is 1.27. The Labute approximate surface area is 338 Å². The molecule has 56 heavy (non-hydrogen) atoms. The molecule has 4 amide bonds. The summed E-state index contributed by atoms with van der Waals surface area (Å²) in [6, 6.07) is 8.53. The third kappa shape index (κ3) is 9.82. The van der Waals surface area contributed by atoms with Crippen LogP contribution in [0.15, 0.2) is 41.9 Å². The number of benzene rings is 1. The Morgan fingerprint density at radius 1 is 1.02 bits per heavy atom. The quantitative estimate of drug-likeness (QED) is 0.201. The number of carbonyl (C=O) groups excluding carboxylic acids is 4. The first-order chi connectivity index (χ1) is 26.8. The van der Waals surface area contributed by atoms with Gasteiger partial charge in [-0.15, -0.1) is 11.3 Å². The second-order valence-corrected chi connectivity index (χ2v) is 17.7. The molecule has 2 aliphatic heterocycles. The first-order valence-electron chi connectivity index (χ1n) is 20.7. The molecule has 2 bridgehead atoms. The molecule has 3 heterocycles. The standard InChI is InChI=1S/C43H66N6O6S/c1-10-27(4)37(48(7)43(53)36(26(2)3)46-41(52)38-30-18-19-31(24-30)47(38)6)34(54-8)25-35(50)49-21-14-17-33(49)39(55-9)28(5)40(51)45-32(42-44-20-22-56-42)23-29-15-12-11-13-16-29/h11-13,15-16,20,22,26-28,30-34,36-39H,10,14,17-19,21,23-25H2,1-9H3,(H,45,51)(H,46,52)/t27?,28?,30-,31+,32?,33-,34?,36?,37?,38-,39?/m0/s1. The van der Waals surface area contributed by atoms with Gasteiger partial charge in [-0.3, -0.25) is 24.1 Å². The number of rotatable bonds is 19. The molecule has 1 aliphatic carbocycles. The number of nitrogens with zero attached hydrogens (tertiary/aromatic N) is 4. The van der Waals surface area contributed by atoms with Gasteiger partial charge in [-0.25, -0.2) is 4.98 Å². The zero-order valence-electron chi connectivity index (χ0n) is 35.0. The number of likely N-dealkylation sites (tertiary alicyclic amines) is 2. The van der Waals surface area contributed by atoms with Crippen LogP contribution in [-0.4, -0.2) is 121 Å². The van der Waals surface area contributed by atoms with Gasteiger partial charge in [-0.1, -0.05) is 71.4 Å². The first-order valence-corrected chi connectivity index (χ1v) is 21.6. The molecule has 11 atom stereocenters. The molecule has 5 rings (SSSR count). The molecule has 0 spiro atoms. The smallest absolute Gasteiger partial charge is 0.245 e. The van der Waals surface area contributed by atoms with E-state index in [9.17, 15) is 19.2 Å². The Kier molecular flexibility index (Phi) is 15.5. The molecule has 3 aliphatic rings. The van der Waals surface area contributed by atoms with Crippen molar-refractivity contribution in [1.29, 1.82) is 0 Å². The largest absolute Gasteiger partial charge is 0.379 e. The van der Waals surface area contributed by atoms with Crippen molar-refractivity contribution in [3.05, 3.63) is 52.5 Å². The molecule has 2 aromatic rings. The highest BCUT2D eigenvalue weighted by Crippen LogP contribution is 2.41. The zero-order chi connectivity index (χ0) is 40.7. The summed E-state index contributed by atoms with van der Waals surface area (Å²) in [6.07, 6.45) is 6.76. The number of hydrogen-bond donors (Lipinski definition) is 2. The molecule has 0 radical (unpaired) electrons. The minimum absolute atomic E-state index is 0.00778. The highest BCUT2D eigenvalue weighted by Gasteiger charge is 2.49. The molecule has 2 N–H and O–H groups in total. The molecule has 1 aromatic heterocycles. The molecule has 12 nitrogen and oxygen atoms in total. The maximum Gasteiger partial charge on any atom is 0.245 e. The molecular weight excluding hydrogens is 729 g/mol. The zero-order valence-corrected chi connectivity index (χ0v) is 35.8. The van der Waals surface area contributed by atoms with Crippen molar-refractivity contribution in [1.82, 2.24) is 30.3 Å². The lowest BCUT2D eigenvalue weighted by Crippen LogP contribution is -2.60. The van der Waals surface area contributed by atoms with Crippen molar-refractivity contribution in [3.8, 4) is 0 Å². The molecule has 2 saturated heterocycles. The van der Waals surface area contributed by atoms with E-state index in [1.54, 1.807) is 32.4 Å². The normalized spacial score (nSPS) is 24.6. The molecule has 310 valence electrons. The summed E-state index contributed by atoms with van der Waals surface area (Å²) >= 11 is 1.51. The van der Waals surface area contributed by atoms with Gasteiger partial charge in [0.25, 0.3) is 0 Å². The van der Waals surface area contributed by atoms with Gasteiger partial charge in [0.2, 0.25) is 23.6 Å². The van der Waals surface area contributed by atoms with Gasteiger partial charge in [-0.05, 0) is 68.9 Å². The van der Waals surface area contributed by atoms with Gasteiger partial charge in [0.1, 0.15) is 11.0 Å². The Morgan fingerprint density at radius 2 is 1.75 bits per heavy atom. The number of likely N-dealkylation sites (N-methyl/N-ethyl adjacent to an activating group) is 2. The third-order valence-corrected chi connectivity index (χ3v) is 13.9. The number of amides is 4. The van der Waals surface area contributed by atoms with Crippen molar-refractivity contribution in [2.45, 2.75) is 134 Å². The second-order valence-electron chi connectivity index (χ2n) is 16.8. The minimum atomic E-state index is -0.708. The highest BCUT2D eigenvalue weighted by atomic mass is 32.1. The number of piperidine rings is 1. The lowest BCUT2D eigenvalue weighted by atomic mass is 9.89. The molecule has 7 unspecified atom stereocenters. The van der Waals surface area contributed by atoms with Crippen LogP contribution in [0.1, 0.15) is 96.2 Å². The van der Waals surface area contributed by atoms with Crippen LogP contribution >= 0.6 is 11.3 Å².